The summed E-state index contributed by atoms with van der Waals surface area (Å²) in [4.78, 5) is 8.08. The van der Waals surface area contributed by atoms with Crippen LogP contribution in [-0.2, 0) is 7.05 Å². The van der Waals surface area contributed by atoms with Crippen LogP contribution in [0.2, 0.25) is 0 Å². The average Bonchev–Trinajstić information content (AvgIpc) is 2.58. The lowest BCUT2D eigenvalue weighted by molar-refractivity contribution is 0.406. The molecule has 1 N–H and O–H groups in total. The quantitative estimate of drug-likeness (QED) is 0.672. The van der Waals surface area contributed by atoms with E-state index in [0.29, 0.717) is 5.82 Å². The van der Waals surface area contributed by atoms with Crippen LogP contribution < -0.4 is 0 Å². The highest BCUT2D eigenvalue weighted by atomic mass is 32.1. The number of aromatic nitrogens is 4. The minimum Gasteiger partial charge on any atom is -0.348 e. The van der Waals surface area contributed by atoms with E-state index < -0.39 is 0 Å². The second-order valence-corrected chi connectivity index (χ2v) is 2.67. The lowest BCUT2D eigenvalue weighted by atomic mass is 10.4. The van der Waals surface area contributed by atoms with Gasteiger partial charge in [-0.15, -0.1) is 0 Å². The van der Waals surface area contributed by atoms with Crippen LogP contribution in [0.15, 0.2) is 17.0 Å². The van der Waals surface area contributed by atoms with E-state index in [1.54, 1.807) is 12.5 Å². The second-order valence-electron chi connectivity index (χ2n) is 2.32. The van der Waals surface area contributed by atoms with Crippen LogP contribution in [0.3, 0.4) is 0 Å². The van der Waals surface area contributed by atoms with Crippen LogP contribution in [0.1, 0.15) is 0 Å². The first-order valence-corrected chi connectivity index (χ1v) is 3.70. The fourth-order valence-corrected chi connectivity index (χ4v) is 1.06. The number of rotatable bonds is 1. The summed E-state index contributed by atoms with van der Waals surface area (Å²) in [5.41, 5.74) is 0.842. The first-order chi connectivity index (χ1) is 5.77. The molecule has 2 heterocycles. The summed E-state index contributed by atoms with van der Waals surface area (Å²) in [7, 11) is 1.87. The van der Waals surface area contributed by atoms with Crippen LogP contribution in [-0.4, -0.2) is 19.7 Å². The van der Waals surface area contributed by atoms with Crippen LogP contribution in [0.4, 0.5) is 0 Å². The number of hydrogen-bond donors (Lipinski definition) is 1. The first-order valence-electron chi connectivity index (χ1n) is 3.29. The van der Waals surface area contributed by atoms with E-state index in [4.69, 9.17) is 16.7 Å². The van der Waals surface area contributed by atoms with E-state index in [1.165, 1.54) is 0 Å². The third-order valence-corrected chi connectivity index (χ3v) is 1.67. The molecule has 0 aliphatic rings. The molecule has 0 fully saturated rings. The molecule has 0 radical (unpaired) electrons. The maximum Gasteiger partial charge on any atom is 0.314 e. The van der Waals surface area contributed by atoms with Crippen molar-refractivity contribution in [1.82, 2.24) is 19.7 Å². The lowest BCUT2D eigenvalue weighted by Gasteiger charge is -1.93. The molecule has 0 atom stereocenters. The van der Waals surface area contributed by atoms with Gasteiger partial charge in [0.1, 0.15) is 5.69 Å². The van der Waals surface area contributed by atoms with Gasteiger partial charge in [-0.05, 0) is 12.2 Å². The Morgan fingerprint density at radius 1 is 1.67 bits per heavy atom. The van der Waals surface area contributed by atoms with Crippen molar-refractivity contribution in [3.05, 3.63) is 17.4 Å². The summed E-state index contributed by atoms with van der Waals surface area (Å²) in [5, 5.41) is 2.60. The van der Waals surface area contributed by atoms with Crippen molar-refractivity contribution in [2.75, 3.05) is 0 Å². The van der Waals surface area contributed by atoms with E-state index in [0.717, 1.165) is 5.69 Å². The van der Waals surface area contributed by atoms with Crippen molar-refractivity contribution in [1.29, 1.82) is 0 Å². The molecule has 12 heavy (non-hydrogen) atoms. The van der Waals surface area contributed by atoms with Crippen molar-refractivity contribution in [2.24, 2.45) is 7.05 Å². The Balaban J connectivity index is 2.57. The van der Waals surface area contributed by atoms with Crippen LogP contribution in [0.5, 0.6) is 0 Å². The Morgan fingerprint density at radius 3 is 3.00 bits per heavy atom. The zero-order valence-corrected chi connectivity index (χ0v) is 7.13. The third-order valence-electron chi connectivity index (χ3n) is 1.50. The number of hydrogen-bond acceptors (Lipinski definition) is 4. The van der Waals surface area contributed by atoms with Gasteiger partial charge in [0.25, 0.3) is 0 Å². The predicted molar refractivity (Wildman–Crippen MR) is 43.9 cm³/mol. The highest BCUT2D eigenvalue weighted by molar-refractivity contribution is 7.71. The molecule has 0 aliphatic carbocycles. The molecular formula is C6H6N4OS. The highest BCUT2D eigenvalue weighted by Crippen LogP contribution is 2.11. The maximum atomic E-state index is 4.78. The molecular weight excluding hydrogens is 176 g/mol. The molecule has 2 aromatic heterocycles. The van der Waals surface area contributed by atoms with Crippen molar-refractivity contribution < 1.29 is 4.52 Å². The van der Waals surface area contributed by atoms with E-state index in [2.05, 4.69) is 15.1 Å². The van der Waals surface area contributed by atoms with E-state index in [1.807, 2.05) is 11.6 Å². The van der Waals surface area contributed by atoms with Gasteiger partial charge >= 0.3 is 4.84 Å². The fourth-order valence-electron chi connectivity index (χ4n) is 0.924. The van der Waals surface area contributed by atoms with Gasteiger partial charge in [0.2, 0.25) is 0 Å². The van der Waals surface area contributed by atoms with Crippen LogP contribution >= 0.6 is 12.2 Å². The largest absolute Gasteiger partial charge is 0.348 e. The molecule has 2 rings (SSSR count). The standard InChI is InChI=1S/C6H6N4OS/c1-10-3-7-2-4(10)5-8-6(12)11-9-5/h2-3H,1H3,(H,8,9,12). The summed E-state index contributed by atoms with van der Waals surface area (Å²) in [6.07, 6.45) is 3.37. The van der Waals surface area contributed by atoms with Crippen LogP contribution in [0.25, 0.3) is 11.5 Å². The molecule has 0 aliphatic heterocycles. The molecule has 0 saturated heterocycles. The minimum atomic E-state index is 0.200. The van der Waals surface area contributed by atoms with E-state index in [9.17, 15) is 0 Å². The van der Waals surface area contributed by atoms with Gasteiger partial charge in [0, 0.05) is 7.05 Å². The van der Waals surface area contributed by atoms with Gasteiger partial charge in [-0.2, -0.15) is 10.1 Å². The molecule has 2 aromatic rings. The van der Waals surface area contributed by atoms with Gasteiger partial charge in [0.15, 0.2) is 5.82 Å². The monoisotopic (exact) mass is 182 g/mol. The first kappa shape index (κ1) is 7.23. The van der Waals surface area contributed by atoms with Gasteiger partial charge < -0.3 is 9.09 Å². The van der Waals surface area contributed by atoms with Crippen molar-refractivity contribution >= 4 is 12.2 Å². The Morgan fingerprint density at radius 2 is 2.50 bits per heavy atom. The normalized spacial score (nSPS) is 10.4. The highest BCUT2D eigenvalue weighted by Gasteiger charge is 2.05. The zero-order chi connectivity index (χ0) is 8.55. The maximum absolute atomic E-state index is 4.78. The van der Waals surface area contributed by atoms with Gasteiger partial charge in [0.05, 0.1) is 12.5 Å². The van der Waals surface area contributed by atoms with Gasteiger partial charge in [-0.1, -0.05) is 0 Å². The number of nitrogens with one attached hydrogen (secondary N) is 1. The summed E-state index contributed by atoms with van der Waals surface area (Å²) in [6, 6.07) is 0. The summed E-state index contributed by atoms with van der Waals surface area (Å²) >= 11 is 4.71. The fraction of sp³-hybridized carbons (Fsp3) is 0.167. The lowest BCUT2D eigenvalue weighted by Crippen LogP contribution is -1.90. The van der Waals surface area contributed by atoms with Crippen molar-refractivity contribution in [3.8, 4) is 11.5 Å². The Kier molecular flexibility index (Phi) is 1.54. The summed E-state index contributed by atoms with van der Waals surface area (Å²) < 4.78 is 6.60. The van der Waals surface area contributed by atoms with Gasteiger partial charge in [-0.25, -0.2) is 4.98 Å². The molecule has 0 amide bonds. The van der Waals surface area contributed by atoms with E-state index in [-0.39, 0.29) is 4.84 Å². The zero-order valence-electron chi connectivity index (χ0n) is 6.31. The average molecular weight is 182 g/mol. The van der Waals surface area contributed by atoms with E-state index >= 15 is 0 Å². The number of nitrogens with zero attached hydrogens (tertiary/aromatic N) is 3. The third kappa shape index (κ3) is 1.06. The number of H-pyrrole nitrogens is 1. The SMILES string of the molecule is Cn1cncc1-c1nc(=S)o[nH]1. The molecule has 0 unspecified atom stereocenters. The Bertz CT molecular complexity index is 440. The number of aryl methyl sites for hydroxylation is 1. The number of aromatic amines is 1. The Hall–Kier alpha value is -1.43. The minimum absolute atomic E-state index is 0.200. The van der Waals surface area contributed by atoms with Crippen molar-refractivity contribution in [2.45, 2.75) is 0 Å². The van der Waals surface area contributed by atoms with Gasteiger partial charge in [-0.3, -0.25) is 0 Å². The molecule has 62 valence electrons. The number of imidazole rings is 1. The molecule has 6 heteroatoms. The topological polar surface area (TPSA) is 59.6 Å². The predicted octanol–water partition coefficient (Wildman–Crippen LogP) is 1.13. The Labute approximate surface area is 73.0 Å². The molecule has 5 nitrogen and oxygen atoms in total. The summed E-state index contributed by atoms with van der Waals surface area (Å²) in [5.74, 6) is 0.597. The second kappa shape index (κ2) is 2.56. The van der Waals surface area contributed by atoms with Crippen LogP contribution in [0, 0.1) is 4.84 Å². The smallest absolute Gasteiger partial charge is 0.314 e. The molecule has 0 saturated carbocycles. The molecule has 0 bridgehead atoms. The summed E-state index contributed by atoms with van der Waals surface area (Å²) in [6.45, 7) is 0. The molecule has 0 aromatic carbocycles. The molecule has 0 spiro atoms. The van der Waals surface area contributed by atoms with Crippen molar-refractivity contribution in [3.63, 3.8) is 0 Å².